The molecule has 1 aliphatic carbocycles. The number of hydrogen-bond donors (Lipinski definition) is 1. The summed E-state index contributed by atoms with van der Waals surface area (Å²) < 4.78 is 0. The molecule has 1 saturated carbocycles. The van der Waals surface area contributed by atoms with Crippen LogP contribution in [0.2, 0.25) is 0 Å². The fourth-order valence-corrected chi connectivity index (χ4v) is 2.70. The van der Waals surface area contributed by atoms with E-state index in [0.717, 1.165) is 12.0 Å². The van der Waals surface area contributed by atoms with Crippen LogP contribution in [-0.2, 0) is 11.3 Å². The van der Waals surface area contributed by atoms with Crippen LogP contribution in [0, 0.1) is 12.8 Å². The third-order valence-corrected chi connectivity index (χ3v) is 3.90. The van der Waals surface area contributed by atoms with Crippen LogP contribution < -0.4 is 5.32 Å². The molecule has 1 aliphatic rings. The number of rotatable bonds is 4. The molecule has 0 saturated heterocycles. The lowest BCUT2D eigenvalue weighted by Crippen LogP contribution is -2.24. The molecule has 2 aromatic rings. The molecule has 0 bridgehead atoms. The van der Waals surface area contributed by atoms with Crippen LogP contribution in [0.15, 0.2) is 54.6 Å². The predicted octanol–water partition coefficient (Wildman–Crippen LogP) is 3.41. The Hall–Kier alpha value is -2.09. The third-order valence-electron chi connectivity index (χ3n) is 3.90. The van der Waals surface area contributed by atoms with Gasteiger partial charge in [0.25, 0.3) is 0 Å². The van der Waals surface area contributed by atoms with Crippen molar-refractivity contribution in [3.63, 3.8) is 0 Å². The Morgan fingerprint density at radius 2 is 1.95 bits per heavy atom. The first-order valence-corrected chi connectivity index (χ1v) is 7.12. The molecule has 2 aromatic carbocycles. The second-order valence-corrected chi connectivity index (χ2v) is 5.57. The number of benzene rings is 2. The van der Waals surface area contributed by atoms with Gasteiger partial charge in [-0.15, -0.1) is 0 Å². The SMILES string of the molecule is Cc1cccc(CNC(=O)C2CC2c2ccccc2)c1. The molecule has 2 atom stereocenters. The molecule has 1 amide bonds. The highest BCUT2D eigenvalue weighted by Gasteiger charge is 2.43. The highest BCUT2D eigenvalue weighted by Crippen LogP contribution is 2.47. The molecule has 0 aliphatic heterocycles. The van der Waals surface area contributed by atoms with Crippen molar-refractivity contribution in [3.8, 4) is 0 Å². The Labute approximate surface area is 119 Å². The Bertz CT molecular complexity index is 606. The molecule has 3 rings (SSSR count). The zero-order valence-corrected chi connectivity index (χ0v) is 11.7. The van der Waals surface area contributed by atoms with E-state index in [1.807, 2.05) is 24.3 Å². The lowest BCUT2D eigenvalue weighted by atomic mass is 10.1. The average molecular weight is 265 g/mol. The number of carbonyl (C=O) groups excluding carboxylic acids is 1. The molecule has 0 spiro atoms. The first kappa shape index (κ1) is 12.9. The average Bonchev–Trinajstić information content (AvgIpc) is 3.26. The van der Waals surface area contributed by atoms with Crippen molar-refractivity contribution in [1.82, 2.24) is 5.32 Å². The van der Waals surface area contributed by atoms with Gasteiger partial charge in [0.1, 0.15) is 0 Å². The molecule has 102 valence electrons. The molecule has 0 radical (unpaired) electrons. The molecule has 0 aromatic heterocycles. The summed E-state index contributed by atoms with van der Waals surface area (Å²) in [6, 6.07) is 18.6. The zero-order chi connectivity index (χ0) is 13.9. The molecular formula is C18H19NO. The van der Waals surface area contributed by atoms with Gasteiger partial charge in [-0.05, 0) is 30.4 Å². The van der Waals surface area contributed by atoms with Gasteiger partial charge >= 0.3 is 0 Å². The summed E-state index contributed by atoms with van der Waals surface area (Å²) in [7, 11) is 0. The smallest absolute Gasteiger partial charge is 0.224 e. The largest absolute Gasteiger partial charge is 0.352 e. The van der Waals surface area contributed by atoms with Crippen LogP contribution in [0.3, 0.4) is 0 Å². The van der Waals surface area contributed by atoms with Gasteiger partial charge in [-0.25, -0.2) is 0 Å². The molecule has 2 nitrogen and oxygen atoms in total. The van der Waals surface area contributed by atoms with Crippen molar-refractivity contribution in [2.45, 2.75) is 25.8 Å². The monoisotopic (exact) mass is 265 g/mol. The maximum atomic E-state index is 12.1. The fraction of sp³-hybridized carbons (Fsp3) is 0.278. The van der Waals surface area contributed by atoms with Crippen LogP contribution in [0.1, 0.15) is 29.0 Å². The van der Waals surface area contributed by atoms with Gasteiger partial charge in [-0.3, -0.25) is 4.79 Å². The van der Waals surface area contributed by atoms with Gasteiger partial charge in [-0.2, -0.15) is 0 Å². The van der Waals surface area contributed by atoms with Crippen LogP contribution in [0.25, 0.3) is 0 Å². The fourth-order valence-electron chi connectivity index (χ4n) is 2.70. The standard InChI is InChI=1S/C18H19NO/c1-13-6-5-7-14(10-13)12-19-18(20)17-11-16(17)15-8-3-2-4-9-15/h2-10,16-17H,11-12H2,1H3,(H,19,20). The Kier molecular flexibility index (Phi) is 3.55. The normalized spacial score (nSPS) is 20.4. The molecule has 1 N–H and O–H groups in total. The number of amides is 1. The van der Waals surface area contributed by atoms with Crippen molar-refractivity contribution in [1.29, 1.82) is 0 Å². The summed E-state index contributed by atoms with van der Waals surface area (Å²) in [5.41, 5.74) is 3.67. The Morgan fingerprint density at radius 1 is 1.15 bits per heavy atom. The topological polar surface area (TPSA) is 29.1 Å². The predicted molar refractivity (Wildman–Crippen MR) is 80.3 cm³/mol. The van der Waals surface area contributed by atoms with E-state index in [1.165, 1.54) is 11.1 Å². The van der Waals surface area contributed by atoms with Gasteiger partial charge < -0.3 is 5.32 Å². The maximum absolute atomic E-state index is 12.1. The summed E-state index contributed by atoms with van der Waals surface area (Å²) in [6.07, 6.45) is 0.976. The summed E-state index contributed by atoms with van der Waals surface area (Å²) in [4.78, 5) is 12.1. The van der Waals surface area contributed by atoms with Gasteiger partial charge in [0.2, 0.25) is 5.91 Å². The van der Waals surface area contributed by atoms with E-state index in [1.54, 1.807) is 0 Å². The van der Waals surface area contributed by atoms with E-state index < -0.39 is 0 Å². The second-order valence-electron chi connectivity index (χ2n) is 5.57. The van der Waals surface area contributed by atoms with Crippen molar-refractivity contribution < 1.29 is 4.79 Å². The van der Waals surface area contributed by atoms with Crippen molar-refractivity contribution in [2.75, 3.05) is 0 Å². The zero-order valence-electron chi connectivity index (χ0n) is 11.7. The molecule has 0 heterocycles. The van der Waals surface area contributed by atoms with Crippen LogP contribution in [-0.4, -0.2) is 5.91 Å². The highest BCUT2D eigenvalue weighted by atomic mass is 16.2. The van der Waals surface area contributed by atoms with Crippen molar-refractivity contribution >= 4 is 5.91 Å². The Balaban J connectivity index is 1.54. The molecule has 2 heteroatoms. The van der Waals surface area contributed by atoms with Gasteiger partial charge in [-0.1, -0.05) is 60.2 Å². The lowest BCUT2D eigenvalue weighted by Gasteiger charge is -2.06. The van der Waals surface area contributed by atoms with Gasteiger partial charge in [0, 0.05) is 12.5 Å². The molecular weight excluding hydrogens is 246 g/mol. The van der Waals surface area contributed by atoms with E-state index in [-0.39, 0.29) is 11.8 Å². The number of nitrogens with one attached hydrogen (secondary N) is 1. The lowest BCUT2D eigenvalue weighted by molar-refractivity contribution is -0.122. The quantitative estimate of drug-likeness (QED) is 0.901. The van der Waals surface area contributed by atoms with Crippen molar-refractivity contribution in [2.24, 2.45) is 5.92 Å². The Morgan fingerprint density at radius 3 is 2.70 bits per heavy atom. The minimum Gasteiger partial charge on any atom is -0.352 e. The summed E-state index contributed by atoms with van der Waals surface area (Å²) >= 11 is 0. The van der Waals surface area contributed by atoms with E-state index >= 15 is 0 Å². The van der Waals surface area contributed by atoms with E-state index in [2.05, 4.69) is 42.6 Å². The van der Waals surface area contributed by atoms with Crippen molar-refractivity contribution in [3.05, 3.63) is 71.3 Å². The number of aryl methyl sites for hydroxylation is 1. The summed E-state index contributed by atoms with van der Waals surface area (Å²) in [5, 5.41) is 3.05. The van der Waals surface area contributed by atoms with Crippen LogP contribution in [0.4, 0.5) is 0 Å². The van der Waals surface area contributed by atoms with Crippen LogP contribution >= 0.6 is 0 Å². The third kappa shape index (κ3) is 2.90. The molecule has 20 heavy (non-hydrogen) atoms. The first-order chi connectivity index (χ1) is 9.74. The first-order valence-electron chi connectivity index (χ1n) is 7.12. The minimum atomic E-state index is 0.155. The highest BCUT2D eigenvalue weighted by molar-refractivity contribution is 5.82. The van der Waals surface area contributed by atoms with Crippen LogP contribution in [0.5, 0.6) is 0 Å². The maximum Gasteiger partial charge on any atom is 0.224 e. The number of hydrogen-bond acceptors (Lipinski definition) is 1. The molecule has 2 unspecified atom stereocenters. The summed E-state index contributed by atoms with van der Waals surface area (Å²) in [5.74, 6) is 0.747. The van der Waals surface area contributed by atoms with E-state index in [4.69, 9.17) is 0 Å². The summed E-state index contributed by atoms with van der Waals surface area (Å²) in [6.45, 7) is 2.69. The van der Waals surface area contributed by atoms with Gasteiger partial charge in [0.15, 0.2) is 0 Å². The minimum absolute atomic E-state index is 0.155. The van der Waals surface area contributed by atoms with E-state index in [9.17, 15) is 4.79 Å². The van der Waals surface area contributed by atoms with E-state index in [0.29, 0.717) is 12.5 Å². The number of carbonyl (C=O) groups is 1. The second kappa shape index (κ2) is 5.49. The molecule has 1 fully saturated rings. The van der Waals surface area contributed by atoms with Gasteiger partial charge in [0.05, 0.1) is 0 Å².